The maximum Gasteiger partial charge on any atom is 0.254 e. The summed E-state index contributed by atoms with van der Waals surface area (Å²) in [5.74, 6) is -0.153. The Morgan fingerprint density at radius 2 is 2.04 bits per heavy atom. The Bertz CT molecular complexity index is 1070. The van der Waals surface area contributed by atoms with Gasteiger partial charge in [0.2, 0.25) is 5.88 Å². The Balaban J connectivity index is 1.43. The van der Waals surface area contributed by atoms with Crippen molar-refractivity contribution in [2.75, 3.05) is 6.54 Å². The first-order valence-corrected chi connectivity index (χ1v) is 8.83. The third-order valence-electron chi connectivity index (χ3n) is 4.56. The second-order valence-corrected chi connectivity index (χ2v) is 6.50. The fraction of sp³-hybridized carbons (Fsp3) is 0.190. The van der Waals surface area contributed by atoms with Gasteiger partial charge >= 0.3 is 0 Å². The van der Waals surface area contributed by atoms with Crippen LogP contribution in [0.5, 0.6) is 5.88 Å². The summed E-state index contributed by atoms with van der Waals surface area (Å²) in [6.45, 7) is 8.81. The Morgan fingerprint density at radius 3 is 2.86 bits per heavy atom. The largest absolute Gasteiger partial charge is 0.472 e. The second kappa shape index (κ2) is 7.53. The van der Waals surface area contributed by atoms with Crippen molar-refractivity contribution in [2.24, 2.45) is 0 Å². The molecule has 0 fully saturated rings. The maximum absolute atomic E-state index is 13.4. The van der Waals surface area contributed by atoms with Gasteiger partial charge in [-0.25, -0.2) is 9.24 Å². The van der Waals surface area contributed by atoms with E-state index >= 15 is 0 Å². The van der Waals surface area contributed by atoms with Crippen molar-refractivity contribution in [2.45, 2.75) is 19.7 Å². The molecular formula is C21H17FN4O2. The number of rotatable bonds is 4. The standard InChI is InChI=1S/C21H17FN4O2/c1-23-18-7-2-4-15(10-18)14-28-20-12-19-13-25(8-9-26(19)24-20)21(27)16-5-3-6-17(22)11-16/h2-7,10-12H,8-9,13-14H2. The van der Waals surface area contributed by atoms with Gasteiger partial charge in [-0.3, -0.25) is 9.48 Å². The highest BCUT2D eigenvalue weighted by Gasteiger charge is 2.24. The van der Waals surface area contributed by atoms with E-state index < -0.39 is 5.82 Å². The van der Waals surface area contributed by atoms with Gasteiger partial charge < -0.3 is 9.64 Å². The van der Waals surface area contributed by atoms with Crippen LogP contribution >= 0.6 is 0 Å². The highest BCUT2D eigenvalue weighted by Crippen LogP contribution is 2.21. The topological polar surface area (TPSA) is 51.7 Å². The van der Waals surface area contributed by atoms with Crippen LogP contribution in [-0.4, -0.2) is 27.1 Å². The Morgan fingerprint density at radius 1 is 1.18 bits per heavy atom. The van der Waals surface area contributed by atoms with Crippen LogP contribution in [0, 0.1) is 12.4 Å². The summed E-state index contributed by atoms with van der Waals surface area (Å²) >= 11 is 0. The van der Waals surface area contributed by atoms with E-state index in [1.165, 1.54) is 18.2 Å². The van der Waals surface area contributed by atoms with Crippen LogP contribution < -0.4 is 4.74 Å². The molecule has 0 saturated heterocycles. The van der Waals surface area contributed by atoms with Gasteiger partial charge in [0.05, 0.1) is 25.4 Å². The third-order valence-corrected chi connectivity index (χ3v) is 4.56. The van der Waals surface area contributed by atoms with Gasteiger partial charge in [0.25, 0.3) is 5.91 Å². The van der Waals surface area contributed by atoms with E-state index in [9.17, 15) is 9.18 Å². The molecule has 0 spiro atoms. The van der Waals surface area contributed by atoms with Gasteiger partial charge in [0, 0.05) is 18.2 Å². The normalized spacial score (nSPS) is 12.9. The van der Waals surface area contributed by atoms with E-state index in [-0.39, 0.29) is 5.91 Å². The molecule has 0 bridgehead atoms. The van der Waals surface area contributed by atoms with Crippen LogP contribution in [-0.2, 0) is 19.7 Å². The Kier molecular flexibility index (Phi) is 4.77. The summed E-state index contributed by atoms with van der Waals surface area (Å²) in [4.78, 5) is 17.7. The monoisotopic (exact) mass is 376 g/mol. The zero-order chi connectivity index (χ0) is 19.5. The first kappa shape index (κ1) is 17.7. The predicted octanol–water partition coefficient (Wildman–Crippen LogP) is 3.81. The molecule has 1 amide bonds. The molecule has 0 unspecified atom stereocenters. The van der Waals surface area contributed by atoms with Crippen molar-refractivity contribution >= 4 is 11.6 Å². The molecule has 1 aliphatic heterocycles. The van der Waals surface area contributed by atoms with Crippen molar-refractivity contribution in [3.8, 4) is 5.88 Å². The number of hydrogen-bond donors (Lipinski definition) is 0. The number of amides is 1. The molecule has 2 heterocycles. The predicted molar refractivity (Wildman–Crippen MR) is 100 cm³/mol. The average molecular weight is 376 g/mol. The molecule has 3 aromatic rings. The lowest BCUT2D eigenvalue weighted by molar-refractivity contribution is 0.0705. The Hall–Kier alpha value is -3.66. The summed E-state index contributed by atoms with van der Waals surface area (Å²) in [7, 11) is 0. The summed E-state index contributed by atoms with van der Waals surface area (Å²) < 4.78 is 21.0. The zero-order valence-electron chi connectivity index (χ0n) is 15.0. The second-order valence-electron chi connectivity index (χ2n) is 6.50. The van der Waals surface area contributed by atoms with Crippen LogP contribution in [0.4, 0.5) is 10.1 Å². The zero-order valence-corrected chi connectivity index (χ0v) is 15.0. The number of fused-ring (bicyclic) bond motifs is 1. The summed E-state index contributed by atoms with van der Waals surface area (Å²) in [6.07, 6.45) is 0. The van der Waals surface area contributed by atoms with E-state index in [2.05, 4.69) is 9.94 Å². The van der Waals surface area contributed by atoms with Crippen LogP contribution in [0.3, 0.4) is 0 Å². The molecule has 1 aromatic heterocycles. The number of aromatic nitrogens is 2. The lowest BCUT2D eigenvalue weighted by atomic mass is 10.1. The molecule has 28 heavy (non-hydrogen) atoms. The molecule has 0 N–H and O–H groups in total. The molecular weight excluding hydrogens is 359 g/mol. The fourth-order valence-electron chi connectivity index (χ4n) is 3.16. The minimum absolute atomic E-state index is 0.203. The quantitative estimate of drug-likeness (QED) is 0.651. The molecule has 0 aliphatic carbocycles. The maximum atomic E-state index is 13.4. The summed E-state index contributed by atoms with van der Waals surface area (Å²) in [6, 6.07) is 14.8. The van der Waals surface area contributed by atoms with E-state index in [4.69, 9.17) is 11.3 Å². The average Bonchev–Trinajstić information content (AvgIpc) is 3.14. The van der Waals surface area contributed by atoms with E-state index in [0.717, 1.165) is 11.3 Å². The van der Waals surface area contributed by atoms with Crippen molar-refractivity contribution in [1.82, 2.24) is 14.7 Å². The van der Waals surface area contributed by atoms with Crippen molar-refractivity contribution in [3.05, 3.63) is 88.7 Å². The van der Waals surface area contributed by atoms with Gasteiger partial charge in [-0.2, -0.15) is 0 Å². The van der Waals surface area contributed by atoms with E-state index in [0.29, 0.717) is 43.4 Å². The van der Waals surface area contributed by atoms with Crippen LogP contribution in [0.1, 0.15) is 21.6 Å². The first-order valence-electron chi connectivity index (χ1n) is 8.83. The van der Waals surface area contributed by atoms with E-state index in [1.54, 1.807) is 23.1 Å². The number of carbonyl (C=O) groups is 1. The minimum Gasteiger partial charge on any atom is -0.472 e. The van der Waals surface area contributed by atoms with Gasteiger partial charge in [-0.1, -0.05) is 24.3 Å². The minimum atomic E-state index is -0.425. The fourth-order valence-corrected chi connectivity index (χ4v) is 3.16. The summed E-state index contributed by atoms with van der Waals surface area (Å²) in [5.41, 5.74) is 2.66. The smallest absolute Gasteiger partial charge is 0.254 e. The number of halogens is 1. The molecule has 0 atom stereocenters. The molecule has 6 nitrogen and oxygen atoms in total. The highest BCUT2D eigenvalue weighted by molar-refractivity contribution is 5.94. The number of nitrogens with zero attached hydrogens (tertiary/aromatic N) is 4. The number of carbonyl (C=O) groups excluding carboxylic acids is 1. The first-order chi connectivity index (χ1) is 13.6. The summed E-state index contributed by atoms with van der Waals surface area (Å²) in [5, 5.41) is 4.43. The number of benzene rings is 2. The number of hydrogen-bond acceptors (Lipinski definition) is 3. The van der Waals surface area contributed by atoms with Crippen molar-refractivity contribution < 1.29 is 13.9 Å². The van der Waals surface area contributed by atoms with Gasteiger partial charge in [0.1, 0.15) is 12.4 Å². The third kappa shape index (κ3) is 3.71. The lowest BCUT2D eigenvalue weighted by Gasteiger charge is -2.27. The highest BCUT2D eigenvalue weighted by atomic mass is 19.1. The molecule has 140 valence electrons. The number of ether oxygens (including phenoxy) is 1. The van der Waals surface area contributed by atoms with E-state index in [1.807, 2.05) is 22.9 Å². The molecule has 4 rings (SSSR count). The molecule has 0 saturated carbocycles. The van der Waals surface area contributed by atoms with Crippen molar-refractivity contribution in [3.63, 3.8) is 0 Å². The Labute approximate surface area is 161 Å². The molecule has 0 radical (unpaired) electrons. The molecule has 2 aromatic carbocycles. The van der Waals surface area contributed by atoms with Crippen LogP contribution in [0.2, 0.25) is 0 Å². The van der Waals surface area contributed by atoms with Gasteiger partial charge in [-0.15, -0.1) is 5.10 Å². The lowest BCUT2D eigenvalue weighted by Crippen LogP contribution is -2.38. The van der Waals surface area contributed by atoms with Gasteiger partial charge in [0.15, 0.2) is 5.69 Å². The van der Waals surface area contributed by atoms with Crippen molar-refractivity contribution in [1.29, 1.82) is 0 Å². The molecule has 7 heteroatoms. The van der Waals surface area contributed by atoms with Crippen LogP contribution in [0.15, 0.2) is 54.6 Å². The van der Waals surface area contributed by atoms with Crippen LogP contribution in [0.25, 0.3) is 4.85 Å². The molecule has 1 aliphatic rings. The SMILES string of the molecule is [C-]#[N+]c1cccc(COc2cc3n(n2)CCN(C(=O)c2cccc(F)c2)C3)c1. The van der Waals surface area contributed by atoms with Gasteiger partial charge in [-0.05, 0) is 29.8 Å².